The summed E-state index contributed by atoms with van der Waals surface area (Å²) >= 11 is 0. The fourth-order valence-corrected chi connectivity index (χ4v) is 1.79. The molecule has 1 rings (SSSR count). The van der Waals surface area contributed by atoms with E-state index >= 15 is 0 Å². The monoisotopic (exact) mass is 219 g/mol. The number of unbranched alkanes of at least 4 members (excludes halogenated alkanes) is 1. The lowest BCUT2D eigenvalue weighted by molar-refractivity contribution is 0.304. The van der Waals surface area contributed by atoms with Gasteiger partial charge in [0.25, 0.3) is 0 Å². The summed E-state index contributed by atoms with van der Waals surface area (Å²) in [7, 11) is 0. The quantitative estimate of drug-likeness (QED) is 0.608. The van der Waals surface area contributed by atoms with Gasteiger partial charge >= 0.3 is 0 Å². The van der Waals surface area contributed by atoms with Crippen LogP contribution in [0.1, 0.15) is 46.0 Å². The number of rotatable bonds is 8. The van der Waals surface area contributed by atoms with Gasteiger partial charge in [0.1, 0.15) is 12.4 Å². The van der Waals surface area contributed by atoms with Crippen molar-refractivity contribution in [2.45, 2.75) is 46.0 Å². The molecule has 0 N–H and O–H groups in total. The molecule has 1 unspecified atom stereocenters. The smallest absolute Gasteiger partial charge is 0.138 e. The Morgan fingerprint density at radius 1 is 1.06 bits per heavy atom. The van der Waals surface area contributed by atoms with Crippen LogP contribution < -0.4 is 4.74 Å². The van der Waals surface area contributed by atoms with Crippen LogP contribution in [0.25, 0.3) is 0 Å². The van der Waals surface area contributed by atoms with Crippen molar-refractivity contribution < 1.29 is 4.74 Å². The summed E-state index contributed by atoms with van der Waals surface area (Å²) < 4.78 is 5.69. The molecule has 0 aliphatic heterocycles. The van der Waals surface area contributed by atoms with Gasteiger partial charge < -0.3 is 4.74 Å². The van der Waals surface area contributed by atoms with Crippen molar-refractivity contribution in [2.24, 2.45) is 5.92 Å². The molecule has 0 saturated heterocycles. The lowest BCUT2D eigenvalue weighted by Gasteiger charge is -2.15. The van der Waals surface area contributed by atoms with E-state index in [-0.39, 0.29) is 0 Å². The Labute approximate surface area is 99.8 Å². The van der Waals surface area contributed by atoms with Crippen LogP contribution in [0.2, 0.25) is 0 Å². The fraction of sp³-hybridized carbons (Fsp3) is 0.533. The van der Waals surface area contributed by atoms with Crippen LogP contribution in [0.15, 0.2) is 30.3 Å². The number of ether oxygens (including phenoxy) is 1. The van der Waals surface area contributed by atoms with Crippen LogP contribution in [0.3, 0.4) is 0 Å². The van der Waals surface area contributed by atoms with Crippen molar-refractivity contribution in [3.05, 3.63) is 36.9 Å². The van der Waals surface area contributed by atoms with E-state index in [1.807, 2.05) is 36.9 Å². The van der Waals surface area contributed by atoms with Gasteiger partial charge in [-0.3, -0.25) is 0 Å². The summed E-state index contributed by atoms with van der Waals surface area (Å²) in [6, 6.07) is 10.0. The zero-order valence-corrected chi connectivity index (χ0v) is 10.5. The molecule has 0 aliphatic rings. The zero-order chi connectivity index (χ0) is 11.6. The Kier molecular flexibility index (Phi) is 6.71. The maximum Gasteiger partial charge on any atom is 0.138 e. The molecular formula is C15H23O. The maximum atomic E-state index is 5.69. The molecule has 0 fully saturated rings. The lowest BCUT2D eigenvalue weighted by Crippen LogP contribution is -2.06. The van der Waals surface area contributed by atoms with E-state index in [2.05, 4.69) is 13.8 Å². The van der Waals surface area contributed by atoms with Crippen molar-refractivity contribution in [2.75, 3.05) is 0 Å². The molecule has 0 spiro atoms. The predicted molar refractivity (Wildman–Crippen MR) is 69.3 cm³/mol. The Bertz CT molecular complexity index is 255. The van der Waals surface area contributed by atoms with Gasteiger partial charge in [0, 0.05) is 0 Å². The molecule has 1 radical (unpaired) electrons. The van der Waals surface area contributed by atoms with Gasteiger partial charge in [0.05, 0.1) is 0 Å². The minimum atomic E-state index is 0.602. The summed E-state index contributed by atoms with van der Waals surface area (Å²) in [5.74, 6) is 1.55. The topological polar surface area (TPSA) is 9.23 Å². The summed E-state index contributed by atoms with van der Waals surface area (Å²) in [5, 5.41) is 0. The zero-order valence-electron chi connectivity index (χ0n) is 10.5. The largest absolute Gasteiger partial charge is 0.486 e. The molecule has 16 heavy (non-hydrogen) atoms. The summed E-state index contributed by atoms with van der Waals surface area (Å²) in [5.41, 5.74) is 0. The van der Waals surface area contributed by atoms with Crippen molar-refractivity contribution in [1.29, 1.82) is 0 Å². The molecule has 1 aromatic rings. The van der Waals surface area contributed by atoms with Gasteiger partial charge in [-0.2, -0.15) is 0 Å². The van der Waals surface area contributed by atoms with E-state index in [1.165, 1.54) is 32.1 Å². The highest BCUT2D eigenvalue weighted by Gasteiger charge is 2.08. The molecule has 1 aromatic carbocycles. The first kappa shape index (κ1) is 13.1. The van der Waals surface area contributed by atoms with Crippen molar-refractivity contribution in [3.8, 4) is 5.75 Å². The number of para-hydroxylation sites is 1. The third-order valence-electron chi connectivity index (χ3n) is 2.73. The van der Waals surface area contributed by atoms with Gasteiger partial charge in [-0.05, 0) is 30.9 Å². The van der Waals surface area contributed by atoms with Gasteiger partial charge in [-0.25, -0.2) is 0 Å². The first-order chi connectivity index (χ1) is 7.86. The molecule has 1 nitrogen and oxygen atoms in total. The van der Waals surface area contributed by atoms with Crippen molar-refractivity contribution >= 4 is 0 Å². The Morgan fingerprint density at radius 2 is 1.81 bits per heavy atom. The summed E-state index contributed by atoms with van der Waals surface area (Å²) in [4.78, 5) is 0. The van der Waals surface area contributed by atoms with E-state index < -0.39 is 0 Å². The van der Waals surface area contributed by atoms with Gasteiger partial charge in [-0.1, -0.05) is 51.3 Å². The highest BCUT2D eigenvalue weighted by molar-refractivity contribution is 5.21. The molecule has 89 valence electrons. The van der Waals surface area contributed by atoms with E-state index in [4.69, 9.17) is 4.74 Å². The molecule has 0 aromatic heterocycles. The van der Waals surface area contributed by atoms with Crippen molar-refractivity contribution in [1.82, 2.24) is 0 Å². The van der Waals surface area contributed by atoms with Crippen LogP contribution in [-0.2, 0) is 0 Å². The summed E-state index contributed by atoms with van der Waals surface area (Å²) in [6.45, 7) is 6.49. The Morgan fingerprint density at radius 3 is 2.44 bits per heavy atom. The number of hydrogen-bond donors (Lipinski definition) is 0. The molecule has 0 aliphatic carbocycles. The van der Waals surface area contributed by atoms with Gasteiger partial charge in [0.15, 0.2) is 0 Å². The third kappa shape index (κ3) is 5.20. The van der Waals surface area contributed by atoms with E-state index in [9.17, 15) is 0 Å². The number of benzene rings is 1. The normalized spacial score (nSPS) is 12.4. The van der Waals surface area contributed by atoms with Crippen molar-refractivity contribution in [3.63, 3.8) is 0 Å². The molecule has 0 heterocycles. The van der Waals surface area contributed by atoms with Crippen LogP contribution in [0, 0.1) is 12.5 Å². The highest BCUT2D eigenvalue weighted by Crippen LogP contribution is 2.20. The minimum absolute atomic E-state index is 0.602. The second kappa shape index (κ2) is 8.20. The first-order valence-corrected chi connectivity index (χ1v) is 6.41. The van der Waals surface area contributed by atoms with Gasteiger partial charge in [-0.15, -0.1) is 0 Å². The molecule has 1 atom stereocenters. The molecule has 0 amide bonds. The number of hydrogen-bond acceptors (Lipinski definition) is 1. The minimum Gasteiger partial charge on any atom is -0.486 e. The van der Waals surface area contributed by atoms with Crippen LogP contribution >= 0.6 is 0 Å². The van der Waals surface area contributed by atoms with Crippen LogP contribution in [0.5, 0.6) is 5.75 Å². The molecule has 1 heteroatoms. The average Bonchev–Trinajstić information content (AvgIpc) is 2.34. The average molecular weight is 219 g/mol. The van der Waals surface area contributed by atoms with Crippen LogP contribution in [-0.4, -0.2) is 0 Å². The summed E-state index contributed by atoms with van der Waals surface area (Å²) in [6.07, 6.45) is 6.26. The van der Waals surface area contributed by atoms with Gasteiger partial charge in [0.2, 0.25) is 0 Å². The molecule has 0 bridgehead atoms. The SMILES string of the molecule is CCCCC([CH]Oc1ccccc1)CCC. The second-order valence-corrected chi connectivity index (χ2v) is 4.26. The lowest BCUT2D eigenvalue weighted by atomic mass is 9.98. The maximum absolute atomic E-state index is 5.69. The fourth-order valence-electron chi connectivity index (χ4n) is 1.79. The second-order valence-electron chi connectivity index (χ2n) is 4.26. The highest BCUT2D eigenvalue weighted by atomic mass is 16.5. The predicted octanol–water partition coefficient (Wildman–Crippen LogP) is 4.83. The van der Waals surface area contributed by atoms with Crippen LogP contribution in [0.4, 0.5) is 0 Å². The van der Waals surface area contributed by atoms with E-state index in [1.54, 1.807) is 0 Å². The van der Waals surface area contributed by atoms with E-state index in [0.717, 1.165) is 5.75 Å². The third-order valence-corrected chi connectivity index (χ3v) is 2.73. The standard InChI is InChI=1S/C15H23O/c1-3-5-10-14(9-4-2)13-16-15-11-7-6-8-12-15/h6-8,11-14H,3-5,9-10H2,1-2H3. The van der Waals surface area contributed by atoms with E-state index in [0.29, 0.717) is 5.92 Å². The molecular weight excluding hydrogens is 196 g/mol. The Hall–Kier alpha value is -0.980. The Balaban J connectivity index is 2.31. The molecule has 0 saturated carbocycles. The first-order valence-electron chi connectivity index (χ1n) is 6.41.